The molecule has 0 fully saturated rings. The van der Waals surface area contributed by atoms with E-state index in [1.165, 1.54) is 0 Å². The van der Waals surface area contributed by atoms with Gasteiger partial charge >= 0.3 is 0 Å². The van der Waals surface area contributed by atoms with Gasteiger partial charge in [-0.05, 0) is 47.0 Å². The minimum Gasteiger partial charge on any atom is -0.373 e. The standard InChI is InChI=1S/C13H18BrNO/c1-9(2)8-15(4)13-6-5-11(10(3)16)7-12(13)14/h5-7,9H,8H2,1-4H3. The van der Waals surface area contributed by atoms with Crippen molar-refractivity contribution in [2.75, 3.05) is 18.5 Å². The molecule has 0 amide bonds. The van der Waals surface area contributed by atoms with E-state index in [4.69, 9.17) is 0 Å². The topological polar surface area (TPSA) is 20.3 Å². The minimum absolute atomic E-state index is 0.0961. The maximum Gasteiger partial charge on any atom is 0.159 e. The lowest BCUT2D eigenvalue weighted by Crippen LogP contribution is -2.22. The predicted octanol–water partition coefficient (Wildman–Crippen LogP) is 3.74. The average molecular weight is 284 g/mol. The van der Waals surface area contributed by atoms with Crippen LogP contribution in [-0.4, -0.2) is 19.4 Å². The van der Waals surface area contributed by atoms with Gasteiger partial charge in [-0.2, -0.15) is 0 Å². The molecule has 0 heterocycles. The van der Waals surface area contributed by atoms with Crippen LogP contribution < -0.4 is 4.90 Å². The van der Waals surface area contributed by atoms with Crippen LogP contribution in [0.4, 0.5) is 5.69 Å². The van der Waals surface area contributed by atoms with E-state index >= 15 is 0 Å². The fourth-order valence-corrected chi connectivity index (χ4v) is 2.36. The largest absolute Gasteiger partial charge is 0.373 e. The van der Waals surface area contributed by atoms with Crippen LogP contribution in [0.5, 0.6) is 0 Å². The summed E-state index contributed by atoms with van der Waals surface area (Å²) in [5.74, 6) is 0.711. The smallest absolute Gasteiger partial charge is 0.159 e. The van der Waals surface area contributed by atoms with E-state index in [0.717, 1.165) is 22.3 Å². The summed E-state index contributed by atoms with van der Waals surface area (Å²) in [4.78, 5) is 13.4. The number of hydrogen-bond acceptors (Lipinski definition) is 2. The van der Waals surface area contributed by atoms with E-state index < -0.39 is 0 Å². The molecule has 0 aliphatic carbocycles. The first kappa shape index (κ1) is 13.2. The highest BCUT2D eigenvalue weighted by Gasteiger charge is 2.09. The fourth-order valence-electron chi connectivity index (χ4n) is 1.68. The van der Waals surface area contributed by atoms with Crippen molar-refractivity contribution in [3.63, 3.8) is 0 Å². The predicted molar refractivity (Wildman–Crippen MR) is 72.3 cm³/mol. The first-order valence-electron chi connectivity index (χ1n) is 5.43. The Kier molecular flexibility index (Phi) is 4.54. The van der Waals surface area contributed by atoms with E-state index in [0.29, 0.717) is 5.92 Å². The van der Waals surface area contributed by atoms with Gasteiger partial charge in [-0.3, -0.25) is 4.79 Å². The van der Waals surface area contributed by atoms with Crippen LogP contribution in [0.25, 0.3) is 0 Å². The Hall–Kier alpha value is -0.830. The van der Waals surface area contributed by atoms with E-state index in [9.17, 15) is 4.79 Å². The molecule has 0 spiro atoms. The summed E-state index contributed by atoms with van der Waals surface area (Å²) in [6.45, 7) is 6.96. The zero-order chi connectivity index (χ0) is 12.3. The first-order valence-corrected chi connectivity index (χ1v) is 6.22. The second-order valence-electron chi connectivity index (χ2n) is 4.50. The second-order valence-corrected chi connectivity index (χ2v) is 5.35. The van der Waals surface area contributed by atoms with Crippen LogP contribution in [0, 0.1) is 5.92 Å². The van der Waals surface area contributed by atoms with Gasteiger partial charge in [0.15, 0.2) is 5.78 Å². The van der Waals surface area contributed by atoms with Crippen LogP contribution in [0.15, 0.2) is 22.7 Å². The summed E-state index contributed by atoms with van der Waals surface area (Å²) in [5, 5.41) is 0. The van der Waals surface area contributed by atoms with E-state index in [1.54, 1.807) is 6.92 Å². The van der Waals surface area contributed by atoms with Gasteiger partial charge < -0.3 is 4.90 Å². The van der Waals surface area contributed by atoms with Crippen LogP contribution in [0.1, 0.15) is 31.1 Å². The van der Waals surface area contributed by atoms with Gasteiger partial charge in [0.2, 0.25) is 0 Å². The summed E-state index contributed by atoms with van der Waals surface area (Å²) < 4.78 is 0.975. The van der Waals surface area contributed by atoms with E-state index in [1.807, 2.05) is 18.2 Å². The van der Waals surface area contributed by atoms with Crippen molar-refractivity contribution in [2.45, 2.75) is 20.8 Å². The summed E-state index contributed by atoms with van der Waals surface area (Å²) in [7, 11) is 2.06. The number of rotatable bonds is 4. The van der Waals surface area contributed by atoms with Gasteiger partial charge in [-0.25, -0.2) is 0 Å². The SMILES string of the molecule is CC(=O)c1ccc(N(C)CC(C)C)c(Br)c1. The Morgan fingerprint density at radius 3 is 2.50 bits per heavy atom. The van der Waals surface area contributed by atoms with Crippen molar-refractivity contribution in [1.82, 2.24) is 0 Å². The van der Waals surface area contributed by atoms with Crippen LogP contribution in [0.3, 0.4) is 0 Å². The number of anilines is 1. The Bertz CT molecular complexity index is 388. The molecular weight excluding hydrogens is 266 g/mol. The Labute approximate surface area is 106 Å². The second kappa shape index (κ2) is 5.48. The Morgan fingerprint density at radius 2 is 2.06 bits per heavy atom. The van der Waals surface area contributed by atoms with Crippen LogP contribution in [0.2, 0.25) is 0 Å². The van der Waals surface area contributed by atoms with Gasteiger partial charge in [0.1, 0.15) is 0 Å². The van der Waals surface area contributed by atoms with Crippen molar-refractivity contribution in [2.24, 2.45) is 5.92 Å². The van der Waals surface area contributed by atoms with Gasteiger partial charge in [0, 0.05) is 23.6 Å². The molecule has 0 aliphatic rings. The molecule has 3 heteroatoms. The minimum atomic E-state index is 0.0961. The zero-order valence-electron chi connectivity index (χ0n) is 10.2. The monoisotopic (exact) mass is 283 g/mol. The maximum absolute atomic E-state index is 11.2. The molecule has 0 aliphatic heterocycles. The normalized spacial score (nSPS) is 10.6. The number of carbonyl (C=O) groups is 1. The zero-order valence-corrected chi connectivity index (χ0v) is 11.8. The third-order valence-electron chi connectivity index (χ3n) is 2.40. The van der Waals surface area contributed by atoms with E-state index in [-0.39, 0.29) is 5.78 Å². The average Bonchev–Trinajstić information content (AvgIpc) is 2.15. The molecule has 2 nitrogen and oxygen atoms in total. The molecule has 0 saturated carbocycles. The lowest BCUT2D eigenvalue weighted by atomic mass is 10.1. The molecule has 0 N–H and O–H groups in total. The first-order chi connectivity index (χ1) is 7.41. The third-order valence-corrected chi connectivity index (χ3v) is 3.04. The van der Waals surface area contributed by atoms with Crippen molar-refractivity contribution in [1.29, 1.82) is 0 Å². The molecule has 0 unspecified atom stereocenters. The molecule has 0 bridgehead atoms. The van der Waals surface area contributed by atoms with Gasteiger partial charge in [-0.1, -0.05) is 13.8 Å². The molecule has 16 heavy (non-hydrogen) atoms. The number of nitrogens with zero attached hydrogens (tertiary/aromatic N) is 1. The third kappa shape index (κ3) is 3.34. The number of halogens is 1. The van der Waals surface area contributed by atoms with Gasteiger partial charge in [-0.15, -0.1) is 0 Å². The number of ketones is 1. The van der Waals surface area contributed by atoms with Crippen molar-refractivity contribution < 1.29 is 4.79 Å². The number of benzene rings is 1. The fraction of sp³-hybridized carbons (Fsp3) is 0.462. The highest BCUT2D eigenvalue weighted by Crippen LogP contribution is 2.27. The lowest BCUT2D eigenvalue weighted by molar-refractivity contribution is 0.101. The van der Waals surface area contributed by atoms with Crippen LogP contribution >= 0.6 is 15.9 Å². The van der Waals surface area contributed by atoms with Crippen molar-refractivity contribution >= 4 is 27.4 Å². The van der Waals surface area contributed by atoms with Crippen LogP contribution in [-0.2, 0) is 0 Å². The van der Waals surface area contributed by atoms with Crippen molar-refractivity contribution in [3.05, 3.63) is 28.2 Å². The van der Waals surface area contributed by atoms with Crippen molar-refractivity contribution in [3.8, 4) is 0 Å². The Morgan fingerprint density at radius 1 is 1.44 bits per heavy atom. The molecular formula is C13H18BrNO. The number of hydrogen-bond donors (Lipinski definition) is 0. The molecule has 1 aromatic rings. The van der Waals surface area contributed by atoms with E-state index in [2.05, 4.69) is 41.7 Å². The molecule has 1 aromatic carbocycles. The summed E-state index contributed by atoms with van der Waals surface area (Å²) in [6, 6.07) is 5.75. The maximum atomic E-state index is 11.2. The van der Waals surface area contributed by atoms with Gasteiger partial charge in [0.05, 0.1) is 5.69 Å². The molecule has 0 atom stereocenters. The number of carbonyl (C=O) groups excluding carboxylic acids is 1. The molecule has 1 rings (SSSR count). The summed E-state index contributed by atoms with van der Waals surface area (Å²) >= 11 is 3.51. The highest BCUT2D eigenvalue weighted by atomic mass is 79.9. The molecule has 0 radical (unpaired) electrons. The summed E-state index contributed by atoms with van der Waals surface area (Å²) in [5.41, 5.74) is 1.87. The lowest BCUT2D eigenvalue weighted by Gasteiger charge is -2.23. The molecule has 0 aromatic heterocycles. The molecule has 88 valence electrons. The Balaban J connectivity index is 2.94. The summed E-state index contributed by atoms with van der Waals surface area (Å²) in [6.07, 6.45) is 0. The quantitative estimate of drug-likeness (QED) is 0.785. The number of Topliss-reactive ketones (excluding diaryl/α,β-unsaturated/α-hetero) is 1. The molecule has 0 saturated heterocycles. The highest BCUT2D eigenvalue weighted by molar-refractivity contribution is 9.10. The van der Waals surface area contributed by atoms with Gasteiger partial charge in [0.25, 0.3) is 0 Å².